The molecule has 0 aliphatic heterocycles. The van der Waals surface area contributed by atoms with Gasteiger partial charge in [-0.2, -0.15) is 9.61 Å². The van der Waals surface area contributed by atoms with E-state index in [2.05, 4.69) is 15.2 Å². The highest BCUT2D eigenvalue weighted by molar-refractivity contribution is 5.88. The van der Waals surface area contributed by atoms with Crippen molar-refractivity contribution in [1.82, 2.24) is 19.8 Å². The van der Waals surface area contributed by atoms with E-state index in [1.807, 2.05) is 38.1 Å². The molecule has 3 aromatic heterocycles. The molecule has 8 nitrogen and oxygen atoms in total. The number of hydrogen-bond acceptors (Lipinski definition) is 6. The molecule has 170 valence electrons. The van der Waals surface area contributed by atoms with Gasteiger partial charge in [-0.05, 0) is 43.7 Å². The van der Waals surface area contributed by atoms with E-state index < -0.39 is 5.97 Å². The maximum absolute atomic E-state index is 13.6. The maximum atomic E-state index is 13.6. The van der Waals surface area contributed by atoms with E-state index in [-0.39, 0.29) is 17.2 Å². The van der Waals surface area contributed by atoms with Crippen LogP contribution in [0.15, 0.2) is 39.6 Å². The first-order chi connectivity index (χ1) is 16.0. The van der Waals surface area contributed by atoms with Crippen LogP contribution < -0.4 is 5.56 Å². The number of carbonyl (C=O) groups is 1. The van der Waals surface area contributed by atoms with Gasteiger partial charge in [0.1, 0.15) is 11.4 Å². The molecule has 0 bridgehead atoms. The van der Waals surface area contributed by atoms with Crippen LogP contribution in [-0.2, 0) is 4.74 Å². The Kier molecular flexibility index (Phi) is 5.36. The van der Waals surface area contributed by atoms with Crippen LogP contribution in [0, 0.1) is 13.8 Å². The molecule has 1 fully saturated rings. The van der Waals surface area contributed by atoms with Crippen LogP contribution in [0.2, 0.25) is 0 Å². The predicted octanol–water partition coefficient (Wildman–Crippen LogP) is 4.80. The SMILES string of the molecule is COC(=O)c1cc2[nH]c(-c3ccc(-c4c(C)noc4C)cc3)c(C3CCCCC3)c(=O)n2n1. The van der Waals surface area contributed by atoms with Crippen LogP contribution in [0.5, 0.6) is 0 Å². The van der Waals surface area contributed by atoms with Crippen molar-refractivity contribution in [3.63, 3.8) is 0 Å². The van der Waals surface area contributed by atoms with Crippen LogP contribution in [0.1, 0.15) is 65.5 Å². The molecular formula is C25H26N4O4. The third kappa shape index (κ3) is 3.65. The number of hydrogen-bond donors (Lipinski definition) is 1. The standard InChI is InChI=1S/C25H26N4O4/c1-14-21(15(2)33-28-14)17-9-11-18(12-10-17)23-22(16-7-5-4-6-8-16)24(30)29-20(26-23)13-19(27-29)25(31)32-3/h9-13,16,26H,4-8H2,1-3H3. The minimum absolute atomic E-state index is 0.103. The summed E-state index contributed by atoms with van der Waals surface area (Å²) in [6.45, 7) is 3.82. The molecule has 1 aromatic carbocycles. The molecule has 1 N–H and O–H groups in total. The number of nitrogens with zero attached hydrogens (tertiary/aromatic N) is 3. The molecule has 1 aliphatic rings. The molecule has 0 spiro atoms. The van der Waals surface area contributed by atoms with Crippen LogP contribution in [-0.4, -0.2) is 32.8 Å². The van der Waals surface area contributed by atoms with Gasteiger partial charge in [0.15, 0.2) is 5.69 Å². The Labute approximate surface area is 190 Å². The van der Waals surface area contributed by atoms with Crippen molar-refractivity contribution in [3.8, 4) is 22.4 Å². The Morgan fingerprint density at radius 1 is 1.12 bits per heavy atom. The van der Waals surface area contributed by atoms with Gasteiger partial charge in [-0.1, -0.05) is 48.7 Å². The summed E-state index contributed by atoms with van der Waals surface area (Å²) in [7, 11) is 1.30. The normalized spacial score (nSPS) is 14.6. The average molecular weight is 447 g/mol. The highest BCUT2D eigenvalue weighted by Crippen LogP contribution is 2.36. The second-order valence-electron chi connectivity index (χ2n) is 8.65. The lowest BCUT2D eigenvalue weighted by Gasteiger charge is -2.23. The van der Waals surface area contributed by atoms with Gasteiger partial charge >= 0.3 is 5.97 Å². The average Bonchev–Trinajstić information content (AvgIpc) is 3.42. The number of methoxy groups -OCH3 is 1. The molecule has 0 saturated heterocycles. The number of esters is 1. The lowest BCUT2D eigenvalue weighted by Crippen LogP contribution is -2.25. The molecule has 8 heteroatoms. The summed E-state index contributed by atoms with van der Waals surface area (Å²) in [5.74, 6) is 0.346. The van der Waals surface area contributed by atoms with Gasteiger partial charge in [0, 0.05) is 17.2 Å². The van der Waals surface area contributed by atoms with Crippen LogP contribution in [0.3, 0.4) is 0 Å². The molecule has 1 aliphatic carbocycles. The molecule has 3 heterocycles. The Balaban J connectivity index is 1.67. The van der Waals surface area contributed by atoms with Gasteiger partial charge in [0.05, 0.1) is 18.5 Å². The van der Waals surface area contributed by atoms with Crippen molar-refractivity contribution in [1.29, 1.82) is 0 Å². The third-order valence-electron chi connectivity index (χ3n) is 6.56. The number of aromatic nitrogens is 4. The summed E-state index contributed by atoms with van der Waals surface area (Å²) in [4.78, 5) is 29.0. The minimum Gasteiger partial charge on any atom is -0.464 e. The van der Waals surface area contributed by atoms with Gasteiger partial charge in [-0.3, -0.25) is 4.79 Å². The smallest absolute Gasteiger partial charge is 0.358 e. The molecule has 33 heavy (non-hydrogen) atoms. The van der Waals surface area contributed by atoms with E-state index in [1.165, 1.54) is 18.0 Å². The lowest BCUT2D eigenvalue weighted by atomic mass is 9.82. The second-order valence-corrected chi connectivity index (χ2v) is 8.65. The number of nitrogens with one attached hydrogen (secondary N) is 1. The van der Waals surface area contributed by atoms with Crippen molar-refractivity contribution in [2.24, 2.45) is 0 Å². The fourth-order valence-corrected chi connectivity index (χ4v) is 4.94. The fraction of sp³-hybridized carbons (Fsp3) is 0.360. The number of fused-ring (bicyclic) bond motifs is 1. The van der Waals surface area contributed by atoms with Gasteiger partial charge in [-0.25, -0.2) is 4.79 Å². The zero-order chi connectivity index (χ0) is 23.1. The Hall–Kier alpha value is -3.68. The van der Waals surface area contributed by atoms with E-state index in [9.17, 15) is 9.59 Å². The van der Waals surface area contributed by atoms with Crippen LogP contribution in [0.25, 0.3) is 28.0 Å². The number of ether oxygens (including phenoxy) is 1. The van der Waals surface area contributed by atoms with Crippen molar-refractivity contribution in [3.05, 3.63) is 63.4 Å². The second kappa shape index (κ2) is 8.35. The topological polar surface area (TPSA) is 102 Å². The number of aromatic amines is 1. The van der Waals surface area contributed by atoms with Crippen LogP contribution >= 0.6 is 0 Å². The van der Waals surface area contributed by atoms with Gasteiger partial charge in [-0.15, -0.1) is 0 Å². The maximum Gasteiger partial charge on any atom is 0.358 e. The molecule has 5 rings (SSSR count). The van der Waals surface area contributed by atoms with Gasteiger partial charge in [0.2, 0.25) is 0 Å². The van der Waals surface area contributed by atoms with Crippen molar-refractivity contribution < 1.29 is 14.1 Å². The fourth-order valence-electron chi connectivity index (χ4n) is 4.94. The first kappa shape index (κ1) is 21.2. The summed E-state index contributed by atoms with van der Waals surface area (Å²) in [5.41, 5.74) is 5.63. The molecule has 0 radical (unpaired) electrons. The van der Waals surface area contributed by atoms with Crippen molar-refractivity contribution in [2.45, 2.75) is 51.9 Å². The van der Waals surface area contributed by atoms with Gasteiger partial charge < -0.3 is 14.2 Å². The summed E-state index contributed by atoms with van der Waals surface area (Å²) in [6, 6.07) is 9.61. The summed E-state index contributed by atoms with van der Waals surface area (Å²) in [6.07, 6.45) is 5.30. The van der Waals surface area contributed by atoms with E-state index >= 15 is 0 Å². The first-order valence-corrected chi connectivity index (χ1v) is 11.3. The van der Waals surface area contributed by atoms with E-state index in [0.29, 0.717) is 5.65 Å². The van der Waals surface area contributed by atoms with E-state index in [0.717, 1.165) is 65.1 Å². The largest absolute Gasteiger partial charge is 0.464 e. The zero-order valence-corrected chi connectivity index (χ0v) is 19.0. The predicted molar refractivity (Wildman–Crippen MR) is 123 cm³/mol. The zero-order valence-electron chi connectivity index (χ0n) is 19.0. The van der Waals surface area contributed by atoms with Crippen LogP contribution in [0.4, 0.5) is 0 Å². The number of rotatable bonds is 4. The summed E-state index contributed by atoms with van der Waals surface area (Å²) < 4.78 is 11.4. The quantitative estimate of drug-likeness (QED) is 0.452. The summed E-state index contributed by atoms with van der Waals surface area (Å²) >= 11 is 0. The number of benzene rings is 1. The molecule has 0 atom stereocenters. The van der Waals surface area contributed by atoms with Gasteiger partial charge in [0.25, 0.3) is 5.56 Å². The number of carbonyl (C=O) groups excluding carboxylic acids is 1. The summed E-state index contributed by atoms with van der Waals surface area (Å²) in [5, 5.41) is 8.27. The van der Waals surface area contributed by atoms with E-state index in [1.54, 1.807) is 6.07 Å². The number of H-pyrrole nitrogens is 1. The third-order valence-corrected chi connectivity index (χ3v) is 6.56. The molecule has 1 saturated carbocycles. The molecular weight excluding hydrogens is 420 g/mol. The number of aryl methyl sites for hydroxylation is 2. The van der Waals surface area contributed by atoms with Crippen molar-refractivity contribution >= 4 is 11.6 Å². The molecule has 0 unspecified atom stereocenters. The minimum atomic E-state index is -0.573. The van der Waals surface area contributed by atoms with Crippen molar-refractivity contribution in [2.75, 3.05) is 7.11 Å². The molecule has 0 amide bonds. The Bertz CT molecular complexity index is 1370. The molecule has 4 aromatic rings. The lowest BCUT2D eigenvalue weighted by molar-refractivity contribution is 0.0593. The monoisotopic (exact) mass is 446 g/mol. The highest BCUT2D eigenvalue weighted by atomic mass is 16.5. The Morgan fingerprint density at radius 3 is 2.45 bits per heavy atom. The Morgan fingerprint density at radius 2 is 1.82 bits per heavy atom. The first-order valence-electron chi connectivity index (χ1n) is 11.3. The highest BCUT2D eigenvalue weighted by Gasteiger charge is 2.26. The van der Waals surface area contributed by atoms with E-state index in [4.69, 9.17) is 9.26 Å².